The summed E-state index contributed by atoms with van der Waals surface area (Å²) in [5, 5.41) is 19.9. The summed E-state index contributed by atoms with van der Waals surface area (Å²) < 4.78 is 0.817. The van der Waals surface area contributed by atoms with Gasteiger partial charge in [0.25, 0.3) is 0 Å². The number of aryl methyl sites for hydroxylation is 1. The van der Waals surface area contributed by atoms with Crippen LogP contribution < -0.4 is 5.32 Å². The van der Waals surface area contributed by atoms with Crippen molar-refractivity contribution in [1.29, 1.82) is 5.26 Å². The van der Waals surface area contributed by atoms with E-state index in [2.05, 4.69) is 37.5 Å². The fourth-order valence-corrected chi connectivity index (χ4v) is 1.70. The average Bonchev–Trinajstić information content (AvgIpc) is 2.67. The van der Waals surface area contributed by atoms with Crippen molar-refractivity contribution in [2.24, 2.45) is 7.05 Å². The predicted octanol–water partition coefficient (Wildman–Crippen LogP) is 2.19. The summed E-state index contributed by atoms with van der Waals surface area (Å²) in [6.45, 7) is 0. The van der Waals surface area contributed by atoms with Gasteiger partial charge in [0, 0.05) is 11.5 Å². The van der Waals surface area contributed by atoms with Crippen LogP contribution in [0, 0.1) is 11.3 Å². The Kier molecular flexibility index (Phi) is 2.88. The van der Waals surface area contributed by atoms with E-state index in [1.165, 1.54) is 4.80 Å². The van der Waals surface area contributed by atoms with E-state index in [1.54, 1.807) is 25.4 Å². The number of nitrogens with zero attached hydrogens (tertiary/aromatic N) is 4. The largest absolute Gasteiger partial charge is 0.336 e. The first-order chi connectivity index (χ1) is 7.69. The first-order valence-electron chi connectivity index (χ1n) is 4.52. The highest BCUT2D eigenvalue weighted by Crippen LogP contribution is 2.25. The molecule has 0 bridgehead atoms. The highest BCUT2D eigenvalue weighted by atomic mass is 79.9. The molecule has 1 N–H and O–H groups in total. The van der Waals surface area contributed by atoms with E-state index in [0.717, 1.165) is 10.2 Å². The number of anilines is 2. The Hall–Kier alpha value is -1.87. The third-order valence-electron chi connectivity index (χ3n) is 1.96. The van der Waals surface area contributed by atoms with Gasteiger partial charge in [0.05, 0.1) is 23.5 Å². The second-order valence-electron chi connectivity index (χ2n) is 3.15. The number of halogens is 1. The third kappa shape index (κ3) is 2.20. The molecular weight excluding hydrogens is 270 g/mol. The Morgan fingerprint density at radius 2 is 2.31 bits per heavy atom. The maximum Gasteiger partial charge on any atom is 0.172 e. The summed E-state index contributed by atoms with van der Waals surface area (Å²) in [5.41, 5.74) is 1.45. The first-order valence-corrected chi connectivity index (χ1v) is 5.31. The van der Waals surface area contributed by atoms with Crippen molar-refractivity contribution in [2.75, 3.05) is 5.32 Å². The summed E-state index contributed by atoms with van der Waals surface area (Å²) in [4.78, 5) is 1.47. The van der Waals surface area contributed by atoms with Crippen molar-refractivity contribution in [3.63, 3.8) is 0 Å². The van der Waals surface area contributed by atoms with Crippen LogP contribution in [-0.2, 0) is 7.05 Å². The van der Waals surface area contributed by atoms with E-state index in [1.807, 2.05) is 6.07 Å². The topological polar surface area (TPSA) is 66.5 Å². The lowest BCUT2D eigenvalue weighted by atomic mass is 10.2. The van der Waals surface area contributed by atoms with Crippen LogP contribution in [0.1, 0.15) is 5.56 Å². The lowest BCUT2D eigenvalue weighted by Crippen LogP contribution is -1.95. The van der Waals surface area contributed by atoms with Crippen LogP contribution in [0.5, 0.6) is 0 Å². The smallest absolute Gasteiger partial charge is 0.172 e. The number of aromatic nitrogens is 3. The minimum absolute atomic E-state index is 0.608. The minimum Gasteiger partial charge on any atom is -0.336 e. The van der Waals surface area contributed by atoms with Gasteiger partial charge in [-0.3, -0.25) is 0 Å². The van der Waals surface area contributed by atoms with Crippen molar-refractivity contribution in [3.8, 4) is 6.07 Å². The highest BCUT2D eigenvalue weighted by molar-refractivity contribution is 9.10. The van der Waals surface area contributed by atoms with Gasteiger partial charge in [0.2, 0.25) is 0 Å². The van der Waals surface area contributed by atoms with Gasteiger partial charge in [-0.1, -0.05) is 0 Å². The zero-order valence-electron chi connectivity index (χ0n) is 8.48. The fourth-order valence-electron chi connectivity index (χ4n) is 1.23. The second kappa shape index (κ2) is 4.33. The molecule has 1 aromatic heterocycles. The quantitative estimate of drug-likeness (QED) is 0.914. The normalized spacial score (nSPS) is 9.81. The summed E-state index contributed by atoms with van der Waals surface area (Å²) in [5.74, 6) is 0.660. The van der Waals surface area contributed by atoms with Crippen LogP contribution in [0.4, 0.5) is 11.5 Å². The summed E-state index contributed by atoms with van der Waals surface area (Å²) >= 11 is 3.38. The molecule has 2 aromatic rings. The molecular formula is C10H8BrN5. The number of benzene rings is 1. The standard InChI is InChI=1S/C10H8BrN5/c1-16-13-6-10(15-16)14-9-3-2-7(5-12)4-8(9)11/h2-4,6H,1H3,(H,14,15). The molecule has 0 unspecified atom stereocenters. The van der Waals surface area contributed by atoms with Gasteiger partial charge < -0.3 is 5.32 Å². The zero-order valence-corrected chi connectivity index (χ0v) is 10.1. The van der Waals surface area contributed by atoms with Crippen LogP contribution >= 0.6 is 15.9 Å². The van der Waals surface area contributed by atoms with Crippen LogP contribution in [0.15, 0.2) is 28.9 Å². The number of hydrogen-bond acceptors (Lipinski definition) is 4. The Morgan fingerprint density at radius 1 is 1.50 bits per heavy atom. The lowest BCUT2D eigenvalue weighted by molar-refractivity contribution is 0.656. The molecule has 0 saturated heterocycles. The van der Waals surface area contributed by atoms with Gasteiger partial charge >= 0.3 is 0 Å². The maximum atomic E-state index is 8.73. The molecule has 0 aliphatic carbocycles. The minimum atomic E-state index is 0.608. The van der Waals surface area contributed by atoms with E-state index in [-0.39, 0.29) is 0 Å². The highest BCUT2D eigenvalue weighted by Gasteiger charge is 2.03. The van der Waals surface area contributed by atoms with E-state index in [9.17, 15) is 0 Å². The second-order valence-corrected chi connectivity index (χ2v) is 4.01. The first kappa shape index (κ1) is 10.6. The molecule has 2 rings (SSSR count). The Balaban J connectivity index is 2.26. The molecule has 0 aliphatic heterocycles. The molecule has 0 saturated carbocycles. The number of nitriles is 1. The molecule has 16 heavy (non-hydrogen) atoms. The summed E-state index contributed by atoms with van der Waals surface area (Å²) in [6, 6.07) is 7.38. The van der Waals surface area contributed by atoms with Crippen LogP contribution in [0.2, 0.25) is 0 Å². The lowest BCUT2D eigenvalue weighted by Gasteiger charge is -2.04. The molecule has 0 spiro atoms. The predicted molar refractivity (Wildman–Crippen MR) is 63.1 cm³/mol. The van der Waals surface area contributed by atoms with Gasteiger partial charge in [-0.2, -0.15) is 15.2 Å². The van der Waals surface area contributed by atoms with Gasteiger partial charge in [-0.05, 0) is 34.1 Å². The van der Waals surface area contributed by atoms with Crippen molar-refractivity contribution >= 4 is 27.4 Å². The van der Waals surface area contributed by atoms with Crippen LogP contribution in [0.3, 0.4) is 0 Å². The Bertz CT molecular complexity index is 555. The SMILES string of the molecule is Cn1ncc(Nc2ccc(C#N)cc2Br)n1. The van der Waals surface area contributed by atoms with Gasteiger partial charge in [-0.25, -0.2) is 0 Å². The molecule has 1 heterocycles. The van der Waals surface area contributed by atoms with Gasteiger partial charge in [0.15, 0.2) is 5.82 Å². The maximum absolute atomic E-state index is 8.73. The molecule has 0 aliphatic rings. The third-order valence-corrected chi connectivity index (χ3v) is 2.62. The molecule has 0 fully saturated rings. The fraction of sp³-hybridized carbons (Fsp3) is 0.100. The molecule has 0 atom stereocenters. The molecule has 80 valence electrons. The van der Waals surface area contributed by atoms with Crippen LogP contribution in [0.25, 0.3) is 0 Å². The van der Waals surface area contributed by atoms with E-state index >= 15 is 0 Å². The Labute approximate surface area is 101 Å². The summed E-state index contributed by atoms with van der Waals surface area (Å²) in [7, 11) is 1.75. The molecule has 1 aromatic carbocycles. The van der Waals surface area contributed by atoms with Gasteiger partial charge in [-0.15, -0.1) is 5.10 Å². The van der Waals surface area contributed by atoms with E-state index < -0.39 is 0 Å². The van der Waals surface area contributed by atoms with Crippen molar-refractivity contribution in [1.82, 2.24) is 15.0 Å². The number of nitrogens with one attached hydrogen (secondary N) is 1. The van der Waals surface area contributed by atoms with E-state index in [4.69, 9.17) is 5.26 Å². The number of hydrogen-bond donors (Lipinski definition) is 1. The molecule has 0 radical (unpaired) electrons. The molecule has 0 amide bonds. The Morgan fingerprint density at radius 3 is 2.88 bits per heavy atom. The van der Waals surface area contributed by atoms with Gasteiger partial charge in [0.1, 0.15) is 0 Å². The number of rotatable bonds is 2. The van der Waals surface area contributed by atoms with Crippen molar-refractivity contribution in [3.05, 3.63) is 34.4 Å². The monoisotopic (exact) mass is 277 g/mol. The van der Waals surface area contributed by atoms with Crippen molar-refractivity contribution in [2.45, 2.75) is 0 Å². The average molecular weight is 278 g/mol. The zero-order chi connectivity index (χ0) is 11.5. The molecule has 5 nitrogen and oxygen atoms in total. The van der Waals surface area contributed by atoms with E-state index in [0.29, 0.717) is 11.4 Å². The van der Waals surface area contributed by atoms with Crippen molar-refractivity contribution < 1.29 is 0 Å². The molecule has 6 heteroatoms. The summed E-state index contributed by atoms with van der Waals surface area (Å²) in [6.07, 6.45) is 1.63. The van der Waals surface area contributed by atoms with Crippen LogP contribution in [-0.4, -0.2) is 15.0 Å².